The number of nitrogens with zero attached hydrogens (tertiary/aromatic N) is 5. The maximum Gasteiger partial charge on any atom is 0.262 e. The molecule has 0 saturated carbocycles. The van der Waals surface area contributed by atoms with Gasteiger partial charge in [0.2, 0.25) is 5.88 Å². The summed E-state index contributed by atoms with van der Waals surface area (Å²) >= 11 is 0. The van der Waals surface area contributed by atoms with Crippen LogP contribution < -0.4 is 9.46 Å². The van der Waals surface area contributed by atoms with Crippen molar-refractivity contribution < 1.29 is 17.5 Å². The lowest BCUT2D eigenvalue weighted by Crippen LogP contribution is -2.14. The van der Waals surface area contributed by atoms with Crippen LogP contribution in [0.1, 0.15) is 12.6 Å². The van der Waals surface area contributed by atoms with Gasteiger partial charge in [-0.3, -0.25) is 4.72 Å². The first kappa shape index (κ1) is 20.2. The van der Waals surface area contributed by atoms with Crippen LogP contribution in [0.15, 0.2) is 53.8 Å². The van der Waals surface area contributed by atoms with Crippen molar-refractivity contribution in [2.45, 2.75) is 11.8 Å². The average molecular weight is 438 g/mol. The molecule has 0 amide bonds. The highest BCUT2D eigenvalue weighted by atomic mass is 32.2. The molecule has 0 fully saturated rings. The summed E-state index contributed by atoms with van der Waals surface area (Å²) in [5, 5.41) is 4.47. The summed E-state index contributed by atoms with van der Waals surface area (Å²) in [6.07, 6.45) is 4.53. The normalized spacial score (nSPS) is 11.1. The Kier molecular flexibility index (Phi) is 5.22. The molecule has 1 N–H and O–H groups in total. The molecule has 4 rings (SSSR count). The summed E-state index contributed by atoms with van der Waals surface area (Å²) in [4.78, 5) is 12.4. The van der Waals surface area contributed by atoms with E-state index in [1.807, 2.05) is 0 Å². The minimum absolute atomic E-state index is 0.0589. The minimum Gasteiger partial charge on any atom is -0.480 e. The zero-order valence-electron chi connectivity index (χ0n) is 16.4. The monoisotopic (exact) mass is 438 g/mol. The molecule has 4 aromatic rings. The topological polar surface area (TPSA) is 111 Å². The number of halogens is 1. The number of hydrogen-bond acceptors (Lipinski definition) is 7. The third-order valence-corrected chi connectivity index (χ3v) is 5.57. The van der Waals surface area contributed by atoms with E-state index in [9.17, 15) is 12.8 Å². The van der Waals surface area contributed by atoms with E-state index in [4.69, 9.17) is 4.74 Å². The quantitative estimate of drug-likeness (QED) is 0.477. The van der Waals surface area contributed by atoms with E-state index in [2.05, 4.69) is 36.6 Å². The van der Waals surface area contributed by atoms with Crippen molar-refractivity contribution in [3.63, 3.8) is 0 Å². The summed E-state index contributed by atoms with van der Waals surface area (Å²) in [7, 11) is -2.64. The molecule has 9 nitrogen and oxygen atoms in total. The van der Waals surface area contributed by atoms with Gasteiger partial charge in [-0.1, -0.05) is 5.92 Å². The Morgan fingerprint density at radius 1 is 1.10 bits per heavy atom. The number of anilines is 1. The van der Waals surface area contributed by atoms with Crippen molar-refractivity contribution in [2.24, 2.45) is 0 Å². The van der Waals surface area contributed by atoms with Crippen molar-refractivity contribution >= 4 is 21.5 Å². The molecule has 0 aliphatic rings. The van der Waals surface area contributed by atoms with Gasteiger partial charge in [0.05, 0.1) is 24.4 Å². The van der Waals surface area contributed by atoms with Gasteiger partial charge in [-0.15, -0.1) is 0 Å². The van der Waals surface area contributed by atoms with Gasteiger partial charge < -0.3 is 4.74 Å². The van der Waals surface area contributed by atoms with E-state index in [0.717, 1.165) is 24.3 Å². The van der Waals surface area contributed by atoms with E-state index >= 15 is 0 Å². The van der Waals surface area contributed by atoms with Gasteiger partial charge in [-0.05, 0) is 43.2 Å². The molecule has 0 radical (unpaired) electrons. The number of methoxy groups -OCH3 is 1. The zero-order chi connectivity index (χ0) is 22.0. The molecule has 0 unspecified atom stereocenters. The van der Waals surface area contributed by atoms with Gasteiger partial charge in [0.15, 0.2) is 0 Å². The highest BCUT2D eigenvalue weighted by Crippen LogP contribution is 2.29. The third-order valence-electron chi connectivity index (χ3n) is 4.19. The van der Waals surface area contributed by atoms with Crippen molar-refractivity contribution in [2.75, 3.05) is 11.8 Å². The minimum atomic E-state index is -4.01. The fourth-order valence-corrected chi connectivity index (χ4v) is 3.81. The van der Waals surface area contributed by atoms with Crippen LogP contribution in [-0.4, -0.2) is 40.1 Å². The molecule has 11 heteroatoms. The van der Waals surface area contributed by atoms with Crippen molar-refractivity contribution in [1.82, 2.24) is 24.6 Å². The van der Waals surface area contributed by atoms with Crippen LogP contribution in [0.3, 0.4) is 0 Å². The van der Waals surface area contributed by atoms with E-state index < -0.39 is 15.8 Å². The maximum atomic E-state index is 13.2. The predicted octanol–water partition coefficient (Wildman–Crippen LogP) is 2.51. The first-order chi connectivity index (χ1) is 14.9. The summed E-state index contributed by atoms with van der Waals surface area (Å²) < 4.78 is 47.7. The largest absolute Gasteiger partial charge is 0.480 e. The average Bonchev–Trinajstić information content (AvgIpc) is 3.16. The van der Waals surface area contributed by atoms with E-state index in [-0.39, 0.29) is 16.5 Å². The molecule has 1 aromatic carbocycles. The fraction of sp³-hybridized carbons (Fsp3) is 0.100. The molecule has 3 aromatic heterocycles. The Labute approximate surface area is 177 Å². The molecule has 0 spiro atoms. The first-order valence-corrected chi connectivity index (χ1v) is 10.4. The van der Waals surface area contributed by atoms with Crippen LogP contribution in [-0.2, 0) is 10.0 Å². The summed E-state index contributed by atoms with van der Waals surface area (Å²) in [6, 6.07) is 5.97. The number of fused-ring (bicyclic) bond motifs is 1. The molecule has 0 aliphatic heterocycles. The number of sulfonamides is 1. The highest BCUT2D eigenvalue weighted by molar-refractivity contribution is 7.92. The van der Waals surface area contributed by atoms with Crippen LogP contribution >= 0.6 is 0 Å². The van der Waals surface area contributed by atoms with Crippen molar-refractivity contribution in [1.29, 1.82) is 0 Å². The smallest absolute Gasteiger partial charge is 0.262 e. The van der Waals surface area contributed by atoms with E-state index in [1.54, 1.807) is 13.1 Å². The Hall–Kier alpha value is -4.04. The summed E-state index contributed by atoms with van der Waals surface area (Å²) in [6.45, 7) is 1.70. The fourth-order valence-electron chi connectivity index (χ4n) is 2.77. The number of nitrogens with one attached hydrogen (secondary N) is 1. The number of rotatable bonds is 5. The molecule has 0 bridgehead atoms. The Morgan fingerprint density at radius 2 is 1.84 bits per heavy atom. The van der Waals surface area contributed by atoms with Gasteiger partial charge in [-0.2, -0.15) is 9.61 Å². The number of imidazole rings is 1. The van der Waals surface area contributed by atoms with Crippen molar-refractivity contribution in [3.8, 4) is 29.0 Å². The SMILES string of the molecule is CC#Cc1cnc2ncc(-c3cnc(OC)c(NS(=O)(=O)c4ccc(F)cc4)c3)nn12. The van der Waals surface area contributed by atoms with E-state index in [0.29, 0.717) is 22.7 Å². The van der Waals surface area contributed by atoms with Crippen LogP contribution in [0.5, 0.6) is 5.88 Å². The second-order valence-electron chi connectivity index (χ2n) is 6.21. The zero-order valence-corrected chi connectivity index (χ0v) is 17.2. The van der Waals surface area contributed by atoms with Gasteiger partial charge >= 0.3 is 0 Å². The molecule has 0 saturated heterocycles. The van der Waals surface area contributed by atoms with Crippen LogP contribution in [0.2, 0.25) is 0 Å². The summed E-state index contributed by atoms with van der Waals surface area (Å²) in [5.74, 6) is 5.56. The van der Waals surface area contributed by atoms with Crippen LogP contribution in [0.4, 0.5) is 10.1 Å². The lowest BCUT2D eigenvalue weighted by atomic mass is 10.2. The Balaban J connectivity index is 1.75. The molecule has 31 heavy (non-hydrogen) atoms. The molecule has 156 valence electrons. The number of hydrogen-bond donors (Lipinski definition) is 1. The number of ether oxygens (including phenoxy) is 1. The molecule has 3 heterocycles. The number of pyridine rings is 1. The van der Waals surface area contributed by atoms with Crippen LogP contribution in [0, 0.1) is 17.7 Å². The molecule has 0 aliphatic carbocycles. The lowest BCUT2D eigenvalue weighted by molar-refractivity contribution is 0.400. The predicted molar refractivity (Wildman–Crippen MR) is 110 cm³/mol. The maximum absolute atomic E-state index is 13.2. The Bertz CT molecular complexity index is 1440. The van der Waals surface area contributed by atoms with Crippen LogP contribution in [0.25, 0.3) is 17.0 Å². The van der Waals surface area contributed by atoms with Gasteiger partial charge in [0.1, 0.15) is 22.9 Å². The standard InChI is InChI=1S/C20H15FN6O3S/c1-3-4-15-11-23-20-24-12-18(25-27(15)20)13-9-17(19(30-2)22-10-13)26-31(28,29)16-7-5-14(21)6-8-16/h5-12,26H,1-2H3. The molecular weight excluding hydrogens is 423 g/mol. The second kappa shape index (κ2) is 8.00. The lowest BCUT2D eigenvalue weighted by Gasteiger charge is -2.12. The number of aromatic nitrogens is 5. The van der Waals surface area contributed by atoms with Gasteiger partial charge in [0, 0.05) is 11.8 Å². The highest BCUT2D eigenvalue weighted by Gasteiger charge is 2.19. The molecule has 0 atom stereocenters. The first-order valence-electron chi connectivity index (χ1n) is 8.87. The summed E-state index contributed by atoms with van der Waals surface area (Å²) in [5.41, 5.74) is 1.55. The second-order valence-corrected chi connectivity index (χ2v) is 7.90. The van der Waals surface area contributed by atoms with E-state index in [1.165, 1.54) is 30.1 Å². The Morgan fingerprint density at radius 3 is 2.55 bits per heavy atom. The van der Waals surface area contributed by atoms with Gasteiger partial charge in [-0.25, -0.2) is 27.8 Å². The van der Waals surface area contributed by atoms with Crippen molar-refractivity contribution in [3.05, 3.63) is 60.4 Å². The third kappa shape index (κ3) is 4.01. The van der Waals surface area contributed by atoms with Gasteiger partial charge in [0.25, 0.3) is 15.8 Å². The molecular formula is C20H15FN6O3S. The number of benzene rings is 1.